The molecule has 0 spiro atoms. The first-order chi connectivity index (χ1) is 11.5. The summed E-state index contributed by atoms with van der Waals surface area (Å²) in [5.41, 5.74) is 3.13. The predicted molar refractivity (Wildman–Crippen MR) is 98.6 cm³/mol. The third-order valence-electron chi connectivity index (χ3n) is 3.98. The molecule has 126 valence electrons. The molecule has 3 rings (SSSR count). The number of hydrogen-bond acceptors (Lipinski definition) is 4. The van der Waals surface area contributed by atoms with E-state index in [0.29, 0.717) is 5.56 Å². The summed E-state index contributed by atoms with van der Waals surface area (Å²) in [4.78, 5) is 5.07. The molecular formula is C18H21N4O2-. The maximum absolute atomic E-state index is 11.5. The second-order valence-corrected chi connectivity index (χ2v) is 6.31. The van der Waals surface area contributed by atoms with Gasteiger partial charge in [-0.1, -0.05) is 24.3 Å². The zero-order chi connectivity index (χ0) is 17.3. The van der Waals surface area contributed by atoms with Gasteiger partial charge in [-0.15, -0.1) is 0 Å². The van der Waals surface area contributed by atoms with Crippen LogP contribution in [0, 0.1) is 10.4 Å². The fourth-order valence-corrected chi connectivity index (χ4v) is 3.14. The molecule has 0 aromatic heterocycles. The number of aromatic amines is 1. The van der Waals surface area contributed by atoms with Crippen LogP contribution in [0.25, 0.3) is 22.2 Å². The standard InChI is InChI=1S/C18H21N4O2/c1-12(11-21(2)3)19-18-13-7-4-5-8-14(13)20-15-9-6-10-16(17(15)18)22(23)24/h4-10,12,19-20H,11H2,1-3H3/q-1. The molecule has 0 bridgehead atoms. The molecule has 1 aromatic carbocycles. The van der Waals surface area contributed by atoms with Gasteiger partial charge in [-0.25, -0.2) is 0 Å². The molecule has 0 radical (unpaired) electrons. The zero-order valence-electron chi connectivity index (χ0n) is 14.0. The molecule has 1 aromatic rings. The fraction of sp³-hybridized carbons (Fsp3) is 0.278. The van der Waals surface area contributed by atoms with Crippen molar-refractivity contribution in [2.45, 2.75) is 13.0 Å². The minimum atomic E-state index is -0.327. The molecule has 6 heteroatoms. The lowest BCUT2D eigenvalue weighted by atomic mass is 10.0. The van der Waals surface area contributed by atoms with E-state index in [1.807, 2.05) is 44.4 Å². The second-order valence-electron chi connectivity index (χ2n) is 6.31. The number of hydrogen-bond donors (Lipinski definition) is 2. The Labute approximate surface area is 140 Å². The Bertz CT molecular complexity index is 897. The highest BCUT2D eigenvalue weighted by Gasteiger charge is 2.19. The van der Waals surface area contributed by atoms with E-state index >= 15 is 0 Å². The molecule has 24 heavy (non-hydrogen) atoms. The summed E-state index contributed by atoms with van der Waals surface area (Å²) >= 11 is 0. The first-order valence-corrected chi connectivity index (χ1v) is 7.90. The van der Waals surface area contributed by atoms with E-state index in [4.69, 9.17) is 0 Å². The van der Waals surface area contributed by atoms with Crippen molar-refractivity contribution in [2.75, 3.05) is 26.0 Å². The summed E-state index contributed by atoms with van der Waals surface area (Å²) < 4.78 is 0. The molecule has 1 heterocycles. The molecular weight excluding hydrogens is 304 g/mol. The molecule has 1 unspecified atom stereocenters. The maximum atomic E-state index is 11.5. The van der Waals surface area contributed by atoms with Crippen LogP contribution in [0.3, 0.4) is 0 Å². The number of para-hydroxylation sites is 1. The molecule has 0 saturated heterocycles. The van der Waals surface area contributed by atoms with Gasteiger partial charge in [0.25, 0.3) is 0 Å². The third-order valence-corrected chi connectivity index (χ3v) is 3.98. The van der Waals surface area contributed by atoms with Gasteiger partial charge >= 0.3 is 0 Å². The number of nitrogens with zero attached hydrogens (tertiary/aromatic N) is 2. The van der Waals surface area contributed by atoms with Crippen LogP contribution in [-0.2, 0) is 0 Å². The van der Waals surface area contributed by atoms with Crippen molar-refractivity contribution in [1.29, 1.82) is 0 Å². The number of aromatic nitrogens is 1. The normalized spacial score (nSPS) is 12.7. The van der Waals surface area contributed by atoms with Gasteiger partial charge in [0.1, 0.15) is 0 Å². The molecule has 2 N–H and O–H groups in total. The zero-order valence-corrected chi connectivity index (χ0v) is 14.0. The van der Waals surface area contributed by atoms with Crippen molar-refractivity contribution in [3.05, 3.63) is 58.2 Å². The largest absolute Gasteiger partial charge is 0.612 e. The predicted octanol–water partition coefficient (Wildman–Crippen LogP) is 2.40. The van der Waals surface area contributed by atoms with Gasteiger partial charge in [0.15, 0.2) is 0 Å². The Morgan fingerprint density at radius 2 is 1.88 bits per heavy atom. The quantitative estimate of drug-likeness (QED) is 0.570. The first-order valence-electron chi connectivity index (χ1n) is 7.90. The van der Waals surface area contributed by atoms with E-state index in [-0.39, 0.29) is 16.3 Å². The van der Waals surface area contributed by atoms with Crippen LogP contribution in [0.1, 0.15) is 6.92 Å². The lowest BCUT2D eigenvalue weighted by Crippen LogP contribution is -2.31. The van der Waals surface area contributed by atoms with E-state index in [9.17, 15) is 10.4 Å². The Morgan fingerprint density at radius 3 is 2.58 bits per heavy atom. The lowest BCUT2D eigenvalue weighted by molar-refractivity contribution is 0.392. The average molecular weight is 325 g/mol. The second kappa shape index (κ2) is 6.41. The fourth-order valence-electron chi connectivity index (χ4n) is 3.14. The first kappa shape index (κ1) is 16.1. The van der Waals surface area contributed by atoms with Crippen LogP contribution < -0.4 is 15.6 Å². The Kier molecular flexibility index (Phi) is 4.31. The number of likely N-dealkylation sites (N-methyl/N-ethyl adjacent to an activating group) is 1. The molecule has 2 aliphatic rings. The van der Waals surface area contributed by atoms with Gasteiger partial charge in [0.2, 0.25) is 5.36 Å². The highest BCUT2D eigenvalue weighted by Crippen LogP contribution is 2.33. The molecule has 6 nitrogen and oxygen atoms in total. The summed E-state index contributed by atoms with van der Waals surface area (Å²) in [7, 11) is 4.02. The van der Waals surface area contributed by atoms with E-state index in [1.165, 1.54) is 0 Å². The third kappa shape index (κ3) is 3.00. The van der Waals surface area contributed by atoms with Gasteiger partial charge in [-0.05, 0) is 33.2 Å². The molecule has 0 amide bonds. The summed E-state index contributed by atoms with van der Waals surface area (Å²) in [6.07, 6.45) is 0. The molecule has 0 saturated carbocycles. The van der Waals surface area contributed by atoms with Crippen molar-refractivity contribution in [3.63, 3.8) is 0 Å². The Balaban J connectivity index is 2.31. The number of pyridine rings is 1. The molecule has 1 atom stereocenters. The van der Waals surface area contributed by atoms with E-state index in [2.05, 4.69) is 22.1 Å². The van der Waals surface area contributed by atoms with Crippen LogP contribution in [0.2, 0.25) is 0 Å². The highest BCUT2D eigenvalue weighted by molar-refractivity contribution is 6.00. The Morgan fingerprint density at radius 1 is 1.12 bits per heavy atom. The van der Waals surface area contributed by atoms with Crippen LogP contribution in [0.15, 0.2) is 42.5 Å². The smallest absolute Gasteiger partial charge is 0.234 e. The minimum absolute atomic E-state index is 0.106. The topological polar surface area (TPSA) is 80.2 Å². The van der Waals surface area contributed by atoms with Gasteiger partial charge < -0.3 is 25.6 Å². The summed E-state index contributed by atoms with van der Waals surface area (Å²) in [5, 5.41) is 27.6. The van der Waals surface area contributed by atoms with Crippen LogP contribution >= 0.6 is 0 Å². The van der Waals surface area contributed by atoms with Crippen molar-refractivity contribution < 1.29 is 0 Å². The molecule has 1 aliphatic carbocycles. The SMILES string of the molecule is CC(CN(C)C)Nc1c2c(=[N+]([O-])[O-])cccc-2[nH]c2ccccc12. The molecule has 1 aliphatic heterocycles. The summed E-state index contributed by atoms with van der Waals surface area (Å²) in [6, 6.07) is 13.1. The van der Waals surface area contributed by atoms with E-state index in [0.717, 1.165) is 28.8 Å². The lowest BCUT2D eigenvalue weighted by Gasteiger charge is -2.23. The Hall–Kier alpha value is -2.73. The number of fused-ring (bicyclic) bond motifs is 2. The number of nitrogens with one attached hydrogen (secondary N) is 2. The summed E-state index contributed by atoms with van der Waals surface area (Å²) in [6.45, 7) is 2.90. The van der Waals surface area contributed by atoms with Crippen molar-refractivity contribution >= 4 is 16.6 Å². The van der Waals surface area contributed by atoms with E-state index < -0.39 is 0 Å². The molecule has 0 fully saturated rings. The number of benzene rings is 2. The highest BCUT2D eigenvalue weighted by atomic mass is 16.8. The van der Waals surface area contributed by atoms with Gasteiger partial charge in [-0.2, -0.15) is 4.90 Å². The maximum Gasteiger partial charge on any atom is 0.234 e. The average Bonchev–Trinajstić information content (AvgIpc) is 2.53. The van der Waals surface area contributed by atoms with Gasteiger partial charge in [0.05, 0.1) is 16.9 Å². The van der Waals surface area contributed by atoms with Crippen molar-refractivity contribution in [1.82, 2.24) is 14.8 Å². The number of anilines is 1. The summed E-state index contributed by atoms with van der Waals surface area (Å²) in [5.74, 6) is 0. The van der Waals surface area contributed by atoms with Crippen molar-refractivity contribution in [3.8, 4) is 11.3 Å². The van der Waals surface area contributed by atoms with E-state index in [1.54, 1.807) is 12.1 Å². The van der Waals surface area contributed by atoms with Gasteiger partial charge in [0, 0.05) is 29.6 Å². The monoisotopic (exact) mass is 325 g/mol. The van der Waals surface area contributed by atoms with Gasteiger partial charge in [-0.3, -0.25) is 0 Å². The van der Waals surface area contributed by atoms with Crippen molar-refractivity contribution in [2.24, 2.45) is 0 Å². The number of H-pyrrole nitrogens is 1. The van der Waals surface area contributed by atoms with Crippen LogP contribution in [-0.4, -0.2) is 36.6 Å². The number of rotatable bonds is 4. The van der Waals surface area contributed by atoms with Crippen LogP contribution in [0.5, 0.6) is 0 Å². The minimum Gasteiger partial charge on any atom is -0.612 e. The van der Waals surface area contributed by atoms with Crippen LogP contribution in [0.4, 0.5) is 5.69 Å².